The number of benzene rings is 8. The zero-order valence-corrected chi connectivity index (χ0v) is 83.6. The zero-order chi connectivity index (χ0) is 92.3. The predicted octanol–water partition coefficient (Wildman–Crippen LogP) is 9.18. The van der Waals surface area contributed by atoms with Gasteiger partial charge in [-0.2, -0.15) is 39.2 Å². The molecule has 38 heteroatoms. The van der Waals surface area contributed by atoms with Gasteiger partial charge in [0.1, 0.15) is 15.0 Å². The van der Waals surface area contributed by atoms with E-state index in [1.54, 1.807) is 90.3 Å². The number of thiocarbonyl (C=S) groups is 1. The van der Waals surface area contributed by atoms with Crippen LogP contribution in [-0.4, -0.2) is 167 Å². The number of hydrogen-bond donors (Lipinski definition) is 2. The second-order valence-electron chi connectivity index (χ2n) is 28.9. The Morgan fingerprint density at radius 3 is 1.15 bits per heavy atom. The number of piperazine rings is 2. The second kappa shape index (κ2) is 55.8. The van der Waals surface area contributed by atoms with Crippen molar-refractivity contribution in [1.29, 1.82) is 5.26 Å². The first-order valence-corrected chi connectivity index (χ1v) is 43.5. The molecule has 669 valence electrons. The van der Waals surface area contributed by atoms with Crippen molar-refractivity contribution in [3.8, 4) is 72.2 Å². The van der Waals surface area contributed by atoms with Gasteiger partial charge in [-0.15, -0.1) is 22.7 Å². The second-order valence-corrected chi connectivity index (χ2v) is 33.2. The summed E-state index contributed by atoms with van der Waals surface area (Å²) in [5.41, 5.74) is 18.1. The smallest absolute Gasteiger partial charge is 1.00 e. The molecule has 0 bridgehead atoms. The minimum absolute atomic E-state index is 0. The topological polar surface area (TPSA) is 333 Å². The Hall–Kier alpha value is -10.6. The number of carbonyl (C=O) groups is 4. The van der Waals surface area contributed by atoms with E-state index < -0.39 is 17.9 Å². The van der Waals surface area contributed by atoms with E-state index in [2.05, 4.69) is 105 Å². The first kappa shape index (κ1) is 108. The van der Waals surface area contributed by atoms with Crippen LogP contribution in [0.4, 0.5) is 0 Å². The summed E-state index contributed by atoms with van der Waals surface area (Å²) < 4.78 is 9.33. The minimum Gasteiger partial charge on any atom is -1.00 e. The van der Waals surface area contributed by atoms with Gasteiger partial charge >= 0.3 is 71.1 Å². The molecule has 0 spiro atoms. The molecule has 2 aliphatic rings. The normalized spacial score (nSPS) is 11.9. The van der Waals surface area contributed by atoms with Crippen LogP contribution in [0, 0.1) is 11.3 Å². The molecule has 8 heterocycles. The van der Waals surface area contributed by atoms with Crippen LogP contribution in [0.3, 0.4) is 0 Å². The molecule has 3 radical (unpaired) electrons. The van der Waals surface area contributed by atoms with E-state index in [0.29, 0.717) is 84.5 Å². The van der Waals surface area contributed by atoms with E-state index in [9.17, 15) is 38.4 Å². The predicted molar refractivity (Wildman–Crippen MR) is 522 cm³/mol. The van der Waals surface area contributed by atoms with Crippen molar-refractivity contribution in [2.24, 2.45) is 5.73 Å². The van der Waals surface area contributed by atoms with Crippen molar-refractivity contribution < 1.29 is 94.1 Å². The van der Waals surface area contributed by atoms with Crippen molar-refractivity contribution >= 4 is 132 Å². The van der Waals surface area contributed by atoms with E-state index in [4.69, 9.17) is 69.6 Å². The summed E-state index contributed by atoms with van der Waals surface area (Å²) in [6.07, 6.45) is 4.33. The van der Waals surface area contributed by atoms with Crippen molar-refractivity contribution in [2.45, 2.75) is 53.5 Å². The number of likely N-dealkylation sites (N-methyl/N-ethyl adjacent to an activating group) is 2. The molecule has 2 saturated heterocycles. The molecule has 0 unspecified atom stereocenters. The van der Waals surface area contributed by atoms with Crippen LogP contribution < -0.4 is 92.4 Å². The fourth-order valence-corrected chi connectivity index (χ4v) is 15.0. The van der Waals surface area contributed by atoms with Crippen LogP contribution in [0.15, 0.2) is 274 Å². The molecule has 2 aliphatic heterocycles. The Kier molecular flexibility index (Phi) is 45.8. The van der Waals surface area contributed by atoms with Crippen molar-refractivity contribution in [2.75, 3.05) is 66.5 Å². The van der Waals surface area contributed by atoms with Crippen LogP contribution in [0.25, 0.3) is 66.2 Å². The summed E-state index contributed by atoms with van der Waals surface area (Å²) in [5.74, 6) is -1.74. The summed E-state index contributed by atoms with van der Waals surface area (Å²) in [6.45, 7) is 15.0. The number of nitriles is 1. The molecule has 16 rings (SSSR count). The molecule has 0 atom stereocenters. The van der Waals surface area contributed by atoms with E-state index >= 15 is 0 Å². The number of halogens is 4. The Bertz CT molecular complexity index is 6530. The van der Waals surface area contributed by atoms with Crippen molar-refractivity contribution in [3.63, 3.8) is 0 Å². The van der Waals surface area contributed by atoms with Gasteiger partial charge in [-0.3, -0.25) is 33.7 Å². The average molecular weight is 1950 g/mol. The van der Waals surface area contributed by atoms with Crippen LogP contribution in [0.1, 0.15) is 70.1 Å². The van der Waals surface area contributed by atoms with Crippen LogP contribution in [0.5, 0.6) is 0 Å². The maximum atomic E-state index is 12.5. The molecular formula is C94H90BCl4N16Na2O11S4. The van der Waals surface area contributed by atoms with Crippen LogP contribution >= 0.6 is 94.8 Å². The number of nitrogens with zero attached hydrogens (tertiary/aromatic N) is 14. The summed E-state index contributed by atoms with van der Waals surface area (Å²) in [7, 11) is 8.65. The molecule has 2 fully saturated rings. The molecule has 14 aromatic rings. The van der Waals surface area contributed by atoms with Gasteiger partial charge in [0.15, 0.2) is 6.29 Å². The molecule has 0 saturated carbocycles. The van der Waals surface area contributed by atoms with Crippen LogP contribution in [-0.2, 0) is 61.5 Å². The number of carbonyl (C=O) groups excluding carboxylic acids is 4. The quantitative estimate of drug-likeness (QED) is 0.0266. The minimum atomic E-state index is -0.639. The third-order valence-corrected chi connectivity index (χ3v) is 22.0. The Labute approximate surface area is 850 Å². The number of nitrogens with two attached hydrogens (primary N) is 1. The molecule has 0 amide bonds. The zero-order valence-electron chi connectivity index (χ0n) is 74.2. The van der Waals surface area contributed by atoms with Gasteiger partial charge in [0.05, 0.1) is 65.5 Å². The van der Waals surface area contributed by atoms with E-state index in [1.165, 1.54) is 73.2 Å². The Morgan fingerprint density at radius 2 is 0.811 bits per heavy atom. The van der Waals surface area contributed by atoms with Crippen LogP contribution in [0.2, 0.25) is 20.1 Å². The summed E-state index contributed by atoms with van der Waals surface area (Å²) in [4.78, 5) is 115. The molecule has 6 aromatic heterocycles. The number of aromatic nitrogens is 10. The first-order chi connectivity index (χ1) is 62.1. The SMILES string of the molecule is CC(=O)OOC(C)=O.CN1CCN(Cc2cnc(-c3cccc(Cn4nc(-c5cccc(Cl)c5)ccc4=O)c3)s2)CC1.CN1CCNCC1.N#Cc1cccc(Cn2nc(-c3cccc(Cl)c3)ccc2=O)c1.NC(=S)c1cccc(Cn2nc(-c3cccc(Cl)c3)ccc2=O)c1.O=Cc1cnc(-c2cccc(Cn3nc(-c4cccc(Cl)c4)ccc3=O)c2)s1.S.[B-]OC(C)=O.[H-].[Na+].[Na+]. The number of aldehydes is 1. The molecule has 0 aliphatic carbocycles. The maximum Gasteiger partial charge on any atom is 1.00 e. The van der Waals surface area contributed by atoms with E-state index in [0.717, 1.165) is 137 Å². The molecule has 3 N–H and O–H groups in total. The molecule has 132 heavy (non-hydrogen) atoms. The van der Waals surface area contributed by atoms with Gasteiger partial charge < -0.3 is 35.0 Å². The average Bonchev–Trinajstić information content (AvgIpc) is 1.79. The first-order valence-electron chi connectivity index (χ1n) is 39.9. The number of nitrogens with one attached hydrogen (secondary N) is 1. The summed E-state index contributed by atoms with van der Waals surface area (Å²) in [6, 6.07) is 74.9. The maximum absolute atomic E-state index is 12.5. The van der Waals surface area contributed by atoms with E-state index in [1.807, 2.05) is 146 Å². The van der Waals surface area contributed by atoms with Gasteiger partial charge in [-0.05, 0) is 139 Å². The van der Waals surface area contributed by atoms with Gasteiger partial charge in [-0.25, -0.2) is 48.1 Å². The fraction of sp³-hybridized carbons (Fsp3) is 0.191. The number of rotatable bonds is 18. The van der Waals surface area contributed by atoms with Gasteiger partial charge in [0.25, 0.3) is 22.2 Å². The fourth-order valence-electron chi connectivity index (χ4n) is 12.4. The molecular weight excluding hydrogens is 1860 g/mol. The Morgan fingerprint density at radius 1 is 0.470 bits per heavy atom. The third kappa shape index (κ3) is 35.8. The third-order valence-electron chi connectivity index (χ3n) is 18.8. The van der Waals surface area contributed by atoms with E-state index in [-0.39, 0.29) is 96.3 Å². The molecule has 27 nitrogen and oxygen atoms in total. The van der Waals surface area contributed by atoms with Crippen molar-refractivity contribution in [1.82, 2.24) is 69.1 Å². The number of thiazole rings is 2. The largest absolute Gasteiger partial charge is 1.00 e. The summed E-state index contributed by atoms with van der Waals surface area (Å²) in [5, 5.41) is 34.4. The number of hydrogen-bond acceptors (Lipinski definition) is 25. The summed E-state index contributed by atoms with van der Waals surface area (Å²) >= 11 is 32.3. The van der Waals surface area contributed by atoms with Gasteiger partial charge in [-0.1, -0.05) is 174 Å². The molecule has 8 aromatic carbocycles. The van der Waals surface area contributed by atoms with Gasteiger partial charge in [0.2, 0.25) is 5.97 Å². The monoisotopic (exact) mass is 1940 g/mol. The van der Waals surface area contributed by atoms with Gasteiger partial charge in [0, 0.05) is 180 Å². The standard InChI is InChI=1S/C26H26ClN5OS.C21H14ClN3O2S.C18H14ClN3OS.C18H12ClN3O.C5H12N2.C4H6O4.C2H3BO2.2Na.H2S.H/c1-30-10-12-31(13-11-30)18-23-16-28-26(34-23)21-6-2-4-19(14-21)17-32-25(33)9-8-24(29-32)20-5-3-7-22(27)15-20;22-17-6-2-4-15(10-17)19-7-8-20(27)25(24-19)12-14-3-1-5-16(9-14)21-23-11-18(13-26)28-21;19-15-6-2-4-13(10-15)16-7-8-17(23)22(21-16)11-12-3-1-5-14(9-12)18(20)24;19-16-6-2-5-15(10-16)17-7-8-18(23)22(21-17)12-14-4-1-3-13(9-14)11-20;1-7-4-2-6-3-5-7;1-3(5)7-8-4(2)6;1-2(4)5-3;;;;/h2-9,14-16H,10-13,17-18H2,1H3;1-11,13H,12H2;1-10H,11H2,(H2,20,24);1-10H,12H2;6H,2-5H2,1H3;1-2H3;1H3;;;1H2;/q;;;;;;-1;2*+1;;-1. The Balaban J connectivity index is 0.000000254. The van der Waals surface area contributed by atoms with Crippen molar-refractivity contribution in [3.05, 3.63) is 360 Å².